The molecule has 1 heterocycles. The first-order valence-corrected chi connectivity index (χ1v) is 11.3. The van der Waals surface area contributed by atoms with Crippen molar-refractivity contribution in [1.29, 1.82) is 0 Å². The van der Waals surface area contributed by atoms with Crippen LogP contribution in [-0.4, -0.2) is 16.6 Å². The molecule has 0 fully saturated rings. The number of nitrogens with zero attached hydrogens (tertiary/aromatic N) is 1. The normalized spacial score (nSPS) is 10.6. The van der Waals surface area contributed by atoms with E-state index in [9.17, 15) is 4.79 Å². The summed E-state index contributed by atoms with van der Waals surface area (Å²) in [7, 11) is 0. The summed E-state index contributed by atoms with van der Waals surface area (Å²) in [4.78, 5) is 16.8. The average Bonchev–Trinajstić information content (AvgIpc) is 3.23. The zero-order valence-corrected chi connectivity index (χ0v) is 17.4. The third-order valence-electron chi connectivity index (χ3n) is 4.38. The van der Waals surface area contributed by atoms with Crippen molar-refractivity contribution in [1.82, 2.24) is 4.98 Å². The second-order valence-corrected chi connectivity index (χ2v) is 8.35. The molecule has 0 radical (unpaired) electrons. The van der Waals surface area contributed by atoms with Crippen LogP contribution >= 0.6 is 23.1 Å². The molecule has 0 unspecified atom stereocenters. The fourth-order valence-electron chi connectivity index (χ4n) is 2.92. The Morgan fingerprint density at radius 3 is 2.17 bits per heavy atom. The predicted molar refractivity (Wildman–Crippen MR) is 124 cm³/mol. The maximum absolute atomic E-state index is 12.2. The topological polar surface area (TPSA) is 42.0 Å². The molecule has 0 saturated carbocycles. The molecule has 5 heteroatoms. The Balaban J connectivity index is 1.32. The van der Waals surface area contributed by atoms with Gasteiger partial charge in [0.2, 0.25) is 5.91 Å². The van der Waals surface area contributed by atoms with Crippen LogP contribution in [0.15, 0.2) is 90.3 Å². The van der Waals surface area contributed by atoms with Crippen molar-refractivity contribution < 1.29 is 4.79 Å². The standard InChI is InChI=1S/C24H20N2OS2/c27-23(17-28-15-18-7-3-1-4-8-18)26-24-25-22(16-29-24)21-13-11-20(12-14-21)19-9-5-2-6-10-19/h1-14,16H,15,17H2,(H,25,26,27). The molecule has 1 aromatic heterocycles. The van der Waals surface area contributed by atoms with Crippen LogP contribution in [0, 0.1) is 0 Å². The highest BCUT2D eigenvalue weighted by molar-refractivity contribution is 7.99. The van der Waals surface area contributed by atoms with Crippen LogP contribution in [0.2, 0.25) is 0 Å². The van der Waals surface area contributed by atoms with Gasteiger partial charge in [0.1, 0.15) is 0 Å². The molecule has 0 aliphatic rings. The summed E-state index contributed by atoms with van der Waals surface area (Å²) in [6, 6.07) is 28.8. The van der Waals surface area contributed by atoms with Crippen molar-refractivity contribution in [2.45, 2.75) is 5.75 Å². The zero-order valence-electron chi connectivity index (χ0n) is 15.7. The summed E-state index contributed by atoms with van der Waals surface area (Å²) >= 11 is 3.05. The van der Waals surface area contributed by atoms with E-state index in [-0.39, 0.29) is 5.91 Å². The monoisotopic (exact) mass is 416 g/mol. The Morgan fingerprint density at radius 1 is 0.828 bits per heavy atom. The number of rotatable bonds is 7. The van der Waals surface area contributed by atoms with Crippen LogP contribution in [0.25, 0.3) is 22.4 Å². The summed E-state index contributed by atoms with van der Waals surface area (Å²) in [6.07, 6.45) is 0. The van der Waals surface area contributed by atoms with Gasteiger partial charge < -0.3 is 5.32 Å². The van der Waals surface area contributed by atoms with Crippen molar-refractivity contribution in [3.63, 3.8) is 0 Å². The fraction of sp³-hybridized carbons (Fsp3) is 0.0833. The van der Waals surface area contributed by atoms with Crippen molar-refractivity contribution in [2.24, 2.45) is 0 Å². The molecule has 0 spiro atoms. The van der Waals surface area contributed by atoms with Gasteiger partial charge in [-0.05, 0) is 16.7 Å². The largest absolute Gasteiger partial charge is 0.301 e. The second kappa shape index (κ2) is 9.54. The number of anilines is 1. The molecule has 0 aliphatic heterocycles. The Kier molecular flexibility index (Phi) is 6.39. The molecule has 0 aliphatic carbocycles. The predicted octanol–water partition coefficient (Wildman–Crippen LogP) is 6.35. The Labute approximate surface area is 178 Å². The summed E-state index contributed by atoms with van der Waals surface area (Å²) < 4.78 is 0. The van der Waals surface area contributed by atoms with Gasteiger partial charge in [-0.2, -0.15) is 0 Å². The lowest BCUT2D eigenvalue weighted by Gasteiger charge is -2.03. The van der Waals surface area contributed by atoms with E-state index in [1.165, 1.54) is 28.0 Å². The lowest BCUT2D eigenvalue weighted by molar-refractivity contribution is -0.113. The number of carbonyl (C=O) groups excluding carboxylic acids is 1. The van der Waals surface area contributed by atoms with Crippen LogP contribution in [0.1, 0.15) is 5.56 Å². The number of amides is 1. The first-order valence-electron chi connectivity index (χ1n) is 9.31. The molecule has 4 aromatic rings. The summed E-state index contributed by atoms with van der Waals surface area (Å²) in [5.41, 5.74) is 5.51. The zero-order chi connectivity index (χ0) is 19.9. The van der Waals surface area contributed by atoms with Gasteiger partial charge in [-0.15, -0.1) is 23.1 Å². The quantitative estimate of drug-likeness (QED) is 0.382. The van der Waals surface area contributed by atoms with Gasteiger partial charge in [0.15, 0.2) is 5.13 Å². The van der Waals surface area contributed by atoms with E-state index in [2.05, 4.69) is 58.8 Å². The highest BCUT2D eigenvalue weighted by Crippen LogP contribution is 2.27. The lowest BCUT2D eigenvalue weighted by Crippen LogP contribution is -2.13. The number of hydrogen-bond acceptors (Lipinski definition) is 4. The molecular formula is C24H20N2OS2. The van der Waals surface area contributed by atoms with Gasteiger partial charge in [0.25, 0.3) is 0 Å². The van der Waals surface area contributed by atoms with Crippen LogP contribution < -0.4 is 5.32 Å². The van der Waals surface area contributed by atoms with Gasteiger partial charge in [-0.1, -0.05) is 84.9 Å². The molecule has 29 heavy (non-hydrogen) atoms. The van der Waals surface area contributed by atoms with Gasteiger partial charge in [-0.25, -0.2) is 4.98 Å². The first kappa shape index (κ1) is 19.4. The molecule has 0 atom stereocenters. The number of carbonyl (C=O) groups is 1. The maximum Gasteiger partial charge on any atom is 0.236 e. The SMILES string of the molecule is O=C(CSCc1ccccc1)Nc1nc(-c2ccc(-c3ccccc3)cc2)cs1. The Morgan fingerprint density at radius 2 is 1.45 bits per heavy atom. The van der Waals surface area contributed by atoms with E-state index < -0.39 is 0 Å². The smallest absolute Gasteiger partial charge is 0.236 e. The van der Waals surface area contributed by atoms with E-state index in [1.807, 2.05) is 41.8 Å². The van der Waals surface area contributed by atoms with Crippen LogP contribution in [-0.2, 0) is 10.5 Å². The third-order valence-corrected chi connectivity index (χ3v) is 6.14. The highest BCUT2D eigenvalue weighted by atomic mass is 32.2. The minimum absolute atomic E-state index is 0.0220. The van der Waals surface area contributed by atoms with Crippen LogP contribution in [0.3, 0.4) is 0 Å². The number of aromatic nitrogens is 1. The van der Waals surface area contributed by atoms with Crippen molar-refractivity contribution in [3.05, 3.63) is 95.9 Å². The number of nitrogens with one attached hydrogen (secondary N) is 1. The van der Waals surface area contributed by atoms with Gasteiger partial charge in [-0.3, -0.25) is 4.79 Å². The summed E-state index contributed by atoms with van der Waals surface area (Å²) in [6.45, 7) is 0. The van der Waals surface area contributed by atoms with Crippen LogP contribution in [0.5, 0.6) is 0 Å². The Bertz CT molecular complexity index is 1060. The number of thioether (sulfide) groups is 1. The van der Waals surface area contributed by atoms with Gasteiger partial charge in [0.05, 0.1) is 11.4 Å². The highest BCUT2D eigenvalue weighted by Gasteiger charge is 2.09. The number of benzene rings is 3. The molecule has 4 rings (SSSR count). The van der Waals surface area contributed by atoms with Crippen molar-refractivity contribution in [3.8, 4) is 22.4 Å². The van der Waals surface area contributed by atoms with Crippen LogP contribution in [0.4, 0.5) is 5.13 Å². The Hall–Kier alpha value is -2.89. The lowest BCUT2D eigenvalue weighted by atomic mass is 10.0. The summed E-state index contributed by atoms with van der Waals surface area (Å²) in [5, 5.41) is 5.52. The number of hydrogen-bond donors (Lipinski definition) is 1. The minimum atomic E-state index is -0.0220. The van der Waals surface area contributed by atoms with Crippen molar-refractivity contribution >= 4 is 34.1 Å². The van der Waals surface area contributed by atoms with E-state index in [0.29, 0.717) is 10.9 Å². The number of thiazole rings is 1. The molecular weight excluding hydrogens is 396 g/mol. The molecule has 1 amide bonds. The molecule has 144 valence electrons. The van der Waals surface area contributed by atoms with E-state index in [1.54, 1.807) is 11.8 Å². The average molecular weight is 417 g/mol. The van der Waals surface area contributed by atoms with Gasteiger partial charge >= 0.3 is 0 Å². The summed E-state index contributed by atoms with van der Waals surface area (Å²) in [5.74, 6) is 1.21. The first-order chi connectivity index (χ1) is 14.3. The van der Waals surface area contributed by atoms with Crippen molar-refractivity contribution in [2.75, 3.05) is 11.1 Å². The molecule has 0 saturated heterocycles. The molecule has 3 nitrogen and oxygen atoms in total. The van der Waals surface area contributed by atoms with Gasteiger partial charge in [0, 0.05) is 16.7 Å². The van der Waals surface area contributed by atoms with E-state index in [0.717, 1.165) is 17.0 Å². The maximum atomic E-state index is 12.2. The minimum Gasteiger partial charge on any atom is -0.301 e. The second-order valence-electron chi connectivity index (χ2n) is 6.51. The molecule has 3 aromatic carbocycles. The molecule has 0 bridgehead atoms. The van der Waals surface area contributed by atoms with E-state index in [4.69, 9.17) is 0 Å². The molecule has 1 N–H and O–H groups in total. The fourth-order valence-corrected chi connectivity index (χ4v) is 4.44. The van der Waals surface area contributed by atoms with E-state index >= 15 is 0 Å². The third kappa shape index (κ3) is 5.34.